The Hall–Kier alpha value is -2.41. The first-order chi connectivity index (χ1) is 10.1. The Morgan fingerprint density at radius 3 is 3.00 bits per heavy atom. The van der Waals surface area contributed by atoms with Crippen LogP contribution in [0.3, 0.4) is 0 Å². The van der Waals surface area contributed by atoms with Gasteiger partial charge in [0, 0.05) is 22.1 Å². The first kappa shape index (κ1) is 13.6. The maximum Gasteiger partial charge on any atom is 0.358 e. The maximum atomic E-state index is 10.7. The number of para-hydroxylation sites is 1. The van der Waals surface area contributed by atoms with Crippen molar-refractivity contribution in [2.45, 2.75) is 6.54 Å². The molecule has 21 heavy (non-hydrogen) atoms. The maximum absolute atomic E-state index is 10.7. The predicted molar refractivity (Wildman–Crippen MR) is 80.2 cm³/mol. The largest absolute Gasteiger partial charge is 0.476 e. The lowest BCUT2D eigenvalue weighted by atomic mass is 10.2. The molecule has 6 nitrogen and oxygen atoms in total. The summed E-state index contributed by atoms with van der Waals surface area (Å²) in [6.07, 6.45) is 1.73. The summed E-state index contributed by atoms with van der Waals surface area (Å²) in [7, 11) is 0. The summed E-state index contributed by atoms with van der Waals surface area (Å²) in [5, 5.41) is 16.4. The highest BCUT2D eigenvalue weighted by Gasteiger charge is 2.11. The number of aromatic carboxylic acids is 1. The van der Waals surface area contributed by atoms with E-state index in [1.165, 1.54) is 6.07 Å². The quantitative estimate of drug-likeness (QED) is 0.752. The number of pyridine rings is 1. The fourth-order valence-electron chi connectivity index (χ4n) is 1.96. The molecule has 0 spiro atoms. The Labute approximate surface area is 127 Å². The Morgan fingerprint density at radius 1 is 1.38 bits per heavy atom. The van der Waals surface area contributed by atoms with Crippen LogP contribution in [0.5, 0.6) is 0 Å². The normalized spacial score (nSPS) is 10.7. The van der Waals surface area contributed by atoms with Crippen molar-refractivity contribution in [1.82, 2.24) is 10.1 Å². The third-order valence-electron chi connectivity index (χ3n) is 2.91. The number of aromatic nitrogens is 2. The van der Waals surface area contributed by atoms with Gasteiger partial charge in [-0.25, -0.2) is 4.79 Å². The van der Waals surface area contributed by atoms with Gasteiger partial charge in [0.25, 0.3) is 0 Å². The van der Waals surface area contributed by atoms with Gasteiger partial charge in [-0.15, -0.1) is 0 Å². The molecule has 0 bridgehead atoms. The number of carboxylic acid groups (broad SMARTS) is 1. The van der Waals surface area contributed by atoms with E-state index in [-0.39, 0.29) is 5.69 Å². The summed E-state index contributed by atoms with van der Waals surface area (Å²) in [6, 6.07) is 9.16. The molecule has 3 aromatic rings. The number of nitrogens with one attached hydrogen (secondary N) is 1. The van der Waals surface area contributed by atoms with Crippen molar-refractivity contribution in [2.24, 2.45) is 0 Å². The monoisotopic (exact) mass is 347 g/mol. The number of benzene rings is 1. The van der Waals surface area contributed by atoms with Crippen LogP contribution in [0.1, 0.15) is 16.2 Å². The molecule has 0 radical (unpaired) electrons. The van der Waals surface area contributed by atoms with E-state index < -0.39 is 5.97 Å². The number of hydrogen-bond donors (Lipinski definition) is 2. The van der Waals surface area contributed by atoms with E-state index in [0.29, 0.717) is 12.3 Å². The van der Waals surface area contributed by atoms with Crippen molar-refractivity contribution in [3.8, 4) is 0 Å². The first-order valence-corrected chi connectivity index (χ1v) is 6.90. The van der Waals surface area contributed by atoms with Gasteiger partial charge >= 0.3 is 5.97 Å². The van der Waals surface area contributed by atoms with Crippen molar-refractivity contribution >= 4 is 38.5 Å². The van der Waals surface area contributed by atoms with Crippen LogP contribution >= 0.6 is 15.9 Å². The number of carbonyl (C=O) groups is 1. The van der Waals surface area contributed by atoms with E-state index in [4.69, 9.17) is 9.63 Å². The number of halogens is 1. The highest BCUT2D eigenvalue weighted by Crippen LogP contribution is 2.24. The second kappa shape index (κ2) is 5.53. The standard InChI is InChI=1S/C14H10BrN3O3/c15-9-4-8-2-1-3-11(13(8)17-6-9)16-7-10-5-12(14(19)20)18-21-10/h1-6,16H,7H2,(H,19,20). The number of nitrogens with zero attached hydrogens (tertiary/aromatic N) is 2. The molecular formula is C14H10BrN3O3. The summed E-state index contributed by atoms with van der Waals surface area (Å²) >= 11 is 3.39. The van der Waals surface area contributed by atoms with Crippen molar-refractivity contribution in [3.63, 3.8) is 0 Å². The topological polar surface area (TPSA) is 88.2 Å². The molecule has 0 aliphatic rings. The zero-order valence-corrected chi connectivity index (χ0v) is 12.3. The molecule has 0 fully saturated rings. The molecule has 0 atom stereocenters. The van der Waals surface area contributed by atoms with E-state index in [1.807, 2.05) is 24.3 Å². The molecule has 7 heteroatoms. The minimum absolute atomic E-state index is 0.105. The fraction of sp³-hybridized carbons (Fsp3) is 0.0714. The van der Waals surface area contributed by atoms with Gasteiger partial charge in [-0.1, -0.05) is 17.3 Å². The summed E-state index contributed by atoms with van der Waals surface area (Å²) in [4.78, 5) is 15.1. The second-order valence-electron chi connectivity index (χ2n) is 4.37. The number of rotatable bonds is 4. The Balaban J connectivity index is 1.83. The first-order valence-electron chi connectivity index (χ1n) is 6.10. The number of carboxylic acids is 1. The number of fused-ring (bicyclic) bond motifs is 1. The van der Waals surface area contributed by atoms with Crippen LogP contribution in [0.4, 0.5) is 5.69 Å². The molecule has 0 unspecified atom stereocenters. The SMILES string of the molecule is O=C(O)c1cc(CNc2cccc3cc(Br)cnc23)on1. The van der Waals surface area contributed by atoms with Gasteiger partial charge < -0.3 is 14.9 Å². The molecule has 2 heterocycles. The van der Waals surface area contributed by atoms with Crippen molar-refractivity contribution in [1.29, 1.82) is 0 Å². The third-order valence-corrected chi connectivity index (χ3v) is 3.34. The average molecular weight is 348 g/mol. The summed E-state index contributed by atoms with van der Waals surface area (Å²) in [6.45, 7) is 0.330. The van der Waals surface area contributed by atoms with E-state index in [9.17, 15) is 4.79 Å². The fourth-order valence-corrected chi connectivity index (χ4v) is 2.31. The lowest BCUT2D eigenvalue weighted by molar-refractivity contribution is 0.0685. The van der Waals surface area contributed by atoms with Gasteiger partial charge in [0.15, 0.2) is 11.5 Å². The van der Waals surface area contributed by atoms with E-state index >= 15 is 0 Å². The van der Waals surface area contributed by atoms with Gasteiger partial charge in [0.1, 0.15) is 0 Å². The molecule has 3 rings (SSSR count). The van der Waals surface area contributed by atoms with Crippen LogP contribution in [-0.4, -0.2) is 21.2 Å². The zero-order chi connectivity index (χ0) is 14.8. The highest BCUT2D eigenvalue weighted by molar-refractivity contribution is 9.10. The molecule has 0 aliphatic heterocycles. The second-order valence-corrected chi connectivity index (χ2v) is 5.28. The highest BCUT2D eigenvalue weighted by atomic mass is 79.9. The van der Waals surface area contributed by atoms with Crippen LogP contribution in [0.25, 0.3) is 10.9 Å². The van der Waals surface area contributed by atoms with Crippen LogP contribution in [0.15, 0.2) is 45.5 Å². The number of hydrogen-bond acceptors (Lipinski definition) is 5. The molecular weight excluding hydrogens is 338 g/mol. The summed E-state index contributed by atoms with van der Waals surface area (Å²) in [5.41, 5.74) is 1.57. The Kier molecular flexibility index (Phi) is 3.57. The van der Waals surface area contributed by atoms with Crippen molar-refractivity contribution < 1.29 is 14.4 Å². The van der Waals surface area contributed by atoms with Gasteiger partial charge in [0.05, 0.1) is 17.7 Å². The Morgan fingerprint density at radius 2 is 2.24 bits per heavy atom. The Bertz CT molecular complexity index is 816. The lowest BCUT2D eigenvalue weighted by Gasteiger charge is -2.07. The van der Waals surface area contributed by atoms with Crippen molar-refractivity contribution in [2.75, 3.05) is 5.32 Å². The summed E-state index contributed by atoms with van der Waals surface area (Å²) < 4.78 is 5.87. The van der Waals surface area contributed by atoms with Crippen LogP contribution < -0.4 is 5.32 Å². The van der Waals surface area contributed by atoms with E-state index in [1.54, 1.807) is 6.20 Å². The van der Waals surface area contributed by atoms with Crippen molar-refractivity contribution in [3.05, 3.63) is 52.5 Å². The molecule has 1 aromatic carbocycles. The van der Waals surface area contributed by atoms with Gasteiger partial charge in [-0.3, -0.25) is 4.98 Å². The molecule has 0 amide bonds. The van der Waals surface area contributed by atoms with Gasteiger partial charge in [0.2, 0.25) is 0 Å². The predicted octanol–water partition coefficient (Wildman–Crippen LogP) is 3.30. The van der Waals surface area contributed by atoms with E-state index in [2.05, 4.69) is 31.4 Å². The molecule has 106 valence electrons. The minimum atomic E-state index is -1.11. The van der Waals surface area contributed by atoms with Crippen LogP contribution in [0, 0.1) is 0 Å². The molecule has 2 N–H and O–H groups in total. The molecule has 2 aromatic heterocycles. The smallest absolute Gasteiger partial charge is 0.358 e. The zero-order valence-electron chi connectivity index (χ0n) is 10.7. The molecule has 0 saturated carbocycles. The number of anilines is 1. The molecule has 0 saturated heterocycles. The third kappa shape index (κ3) is 2.87. The van der Waals surface area contributed by atoms with Gasteiger partial charge in [-0.05, 0) is 28.1 Å². The lowest BCUT2D eigenvalue weighted by Crippen LogP contribution is -2.00. The van der Waals surface area contributed by atoms with Gasteiger partial charge in [-0.2, -0.15) is 0 Å². The minimum Gasteiger partial charge on any atom is -0.476 e. The van der Waals surface area contributed by atoms with E-state index in [0.717, 1.165) is 21.1 Å². The summed E-state index contributed by atoms with van der Waals surface area (Å²) in [5.74, 6) is -0.664. The van der Waals surface area contributed by atoms with Crippen LogP contribution in [0.2, 0.25) is 0 Å². The average Bonchev–Trinajstić information content (AvgIpc) is 2.93. The van der Waals surface area contributed by atoms with Crippen LogP contribution in [-0.2, 0) is 6.54 Å². The molecule has 0 aliphatic carbocycles.